The second-order valence-electron chi connectivity index (χ2n) is 6.38. The van der Waals surface area contributed by atoms with Gasteiger partial charge in [0, 0.05) is 4.88 Å². The van der Waals surface area contributed by atoms with Crippen LogP contribution in [0.15, 0.2) is 30.3 Å². The maximum absolute atomic E-state index is 12.5. The van der Waals surface area contributed by atoms with Crippen LogP contribution in [0.25, 0.3) is 0 Å². The van der Waals surface area contributed by atoms with Crippen molar-refractivity contribution in [3.8, 4) is 0 Å². The largest absolute Gasteiger partial charge is 0.462 e. The van der Waals surface area contributed by atoms with Crippen LogP contribution in [0.1, 0.15) is 52.5 Å². The summed E-state index contributed by atoms with van der Waals surface area (Å²) in [5, 5.41) is 2.70. The molecule has 0 radical (unpaired) electrons. The van der Waals surface area contributed by atoms with Gasteiger partial charge in [-0.15, -0.1) is 22.9 Å². The van der Waals surface area contributed by atoms with E-state index >= 15 is 0 Å². The fourth-order valence-corrected chi connectivity index (χ4v) is 4.69. The van der Waals surface area contributed by atoms with Gasteiger partial charge in [-0.3, -0.25) is 4.79 Å². The highest BCUT2D eigenvalue weighted by atomic mass is 35.5. The van der Waals surface area contributed by atoms with Gasteiger partial charge in [0.05, 0.1) is 12.2 Å². The van der Waals surface area contributed by atoms with Crippen molar-refractivity contribution < 1.29 is 14.3 Å². The van der Waals surface area contributed by atoms with Crippen LogP contribution in [0, 0.1) is 0 Å². The Morgan fingerprint density at radius 1 is 1.35 bits per heavy atom. The Bertz CT molecular complexity index is 801. The molecule has 138 valence electrons. The Hall–Kier alpha value is -1.85. The lowest BCUT2D eigenvalue weighted by Gasteiger charge is -2.23. The maximum atomic E-state index is 12.5. The zero-order chi connectivity index (χ0) is 18.7. The van der Waals surface area contributed by atoms with Gasteiger partial charge in [-0.1, -0.05) is 30.3 Å². The van der Waals surface area contributed by atoms with E-state index in [0.717, 1.165) is 29.7 Å². The molecule has 1 amide bonds. The van der Waals surface area contributed by atoms with Gasteiger partial charge in [0.1, 0.15) is 10.4 Å². The Balaban J connectivity index is 1.93. The van der Waals surface area contributed by atoms with Crippen molar-refractivity contribution in [2.24, 2.45) is 0 Å². The number of ether oxygens (including phenoxy) is 1. The molecule has 0 bridgehead atoms. The highest BCUT2D eigenvalue weighted by Gasteiger charge is 2.31. The van der Waals surface area contributed by atoms with Crippen LogP contribution in [-0.4, -0.2) is 23.9 Å². The number of fused-ring (bicyclic) bond motifs is 1. The molecule has 4 nitrogen and oxygen atoms in total. The van der Waals surface area contributed by atoms with Crippen LogP contribution in [0.4, 0.5) is 5.00 Å². The van der Waals surface area contributed by atoms with Crippen molar-refractivity contribution in [1.29, 1.82) is 0 Å². The number of anilines is 1. The lowest BCUT2D eigenvalue weighted by atomic mass is 9.83. The first-order valence-electron chi connectivity index (χ1n) is 8.82. The predicted molar refractivity (Wildman–Crippen MR) is 105 cm³/mol. The molecule has 1 heterocycles. The van der Waals surface area contributed by atoms with Gasteiger partial charge in [0.25, 0.3) is 0 Å². The first-order valence-corrected chi connectivity index (χ1v) is 10.1. The molecular formula is C20H22ClNO3S. The molecule has 1 N–H and O–H groups in total. The lowest BCUT2D eigenvalue weighted by Crippen LogP contribution is -2.21. The molecule has 0 spiro atoms. The number of hydrogen-bond acceptors (Lipinski definition) is 4. The van der Waals surface area contributed by atoms with Gasteiger partial charge in [0.15, 0.2) is 0 Å². The van der Waals surface area contributed by atoms with E-state index in [9.17, 15) is 9.59 Å². The van der Waals surface area contributed by atoms with E-state index in [-0.39, 0.29) is 11.9 Å². The minimum atomic E-state index is -0.666. The van der Waals surface area contributed by atoms with Crippen molar-refractivity contribution in [1.82, 2.24) is 0 Å². The number of halogens is 1. The number of carbonyl (C=O) groups excluding carboxylic acids is 2. The predicted octanol–water partition coefficient (Wildman–Crippen LogP) is 4.76. The molecule has 3 rings (SSSR count). The number of alkyl halides is 1. The quantitative estimate of drug-likeness (QED) is 0.590. The SMILES string of the molecule is CCOC(=O)c1c(NC(=O)C(C)Cl)sc2c1CCC(c1ccccc1)C2. The van der Waals surface area contributed by atoms with Crippen molar-refractivity contribution in [2.45, 2.75) is 44.4 Å². The Kier molecular flexibility index (Phi) is 5.99. The molecule has 26 heavy (non-hydrogen) atoms. The summed E-state index contributed by atoms with van der Waals surface area (Å²) in [5.74, 6) is -0.260. The van der Waals surface area contributed by atoms with Crippen LogP contribution in [-0.2, 0) is 22.4 Å². The minimum Gasteiger partial charge on any atom is -0.462 e. The zero-order valence-electron chi connectivity index (χ0n) is 14.9. The van der Waals surface area contributed by atoms with E-state index in [1.54, 1.807) is 13.8 Å². The summed E-state index contributed by atoms with van der Waals surface area (Å²) in [6.45, 7) is 3.69. The van der Waals surface area contributed by atoms with Crippen LogP contribution in [0.2, 0.25) is 0 Å². The average Bonchev–Trinajstić information content (AvgIpc) is 2.99. The summed E-state index contributed by atoms with van der Waals surface area (Å²) >= 11 is 7.35. The smallest absolute Gasteiger partial charge is 0.341 e. The van der Waals surface area contributed by atoms with E-state index in [2.05, 4.69) is 29.6 Å². The second-order valence-corrected chi connectivity index (χ2v) is 8.14. The van der Waals surface area contributed by atoms with Gasteiger partial charge >= 0.3 is 5.97 Å². The topological polar surface area (TPSA) is 55.4 Å². The highest BCUT2D eigenvalue weighted by Crippen LogP contribution is 2.42. The van der Waals surface area contributed by atoms with E-state index in [0.29, 0.717) is 23.1 Å². The third kappa shape index (κ3) is 3.94. The molecule has 2 atom stereocenters. The Morgan fingerprint density at radius 3 is 2.73 bits per heavy atom. The first kappa shape index (κ1) is 18.9. The monoisotopic (exact) mass is 391 g/mol. The van der Waals surface area contributed by atoms with E-state index in [1.165, 1.54) is 16.9 Å². The molecule has 0 aliphatic heterocycles. The number of carbonyl (C=O) groups is 2. The van der Waals surface area contributed by atoms with Crippen molar-refractivity contribution in [3.05, 3.63) is 51.9 Å². The number of benzene rings is 1. The summed E-state index contributed by atoms with van der Waals surface area (Å²) < 4.78 is 5.23. The molecule has 1 aromatic carbocycles. The molecule has 1 aliphatic carbocycles. The summed E-state index contributed by atoms with van der Waals surface area (Å²) in [6, 6.07) is 10.4. The number of hydrogen-bond donors (Lipinski definition) is 1. The second kappa shape index (κ2) is 8.23. The lowest BCUT2D eigenvalue weighted by molar-refractivity contribution is -0.115. The summed E-state index contributed by atoms with van der Waals surface area (Å²) in [4.78, 5) is 25.7. The van der Waals surface area contributed by atoms with Gasteiger partial charge in [-0.2, -0.15) is 0 Å². The number of thiophene rings is 1. The maximum Gasteiger partial charge on any atom is 0.341 e. The summed E-state index contributed by atoms with van der Waals surface area (Å²) in [6.07, 6.45) is 2.63. The van der Waals surface area contributed by atoms with E-state index < -0.39 is 5.38 Å². The van der Waals surface area contributed by atoms with E-state index in [4.69, 9.17) is 16.3 Å². The first-order chi connectivity index (χ1) is 12.5. The van der Waals surface area contributed by atoms with Gasteiger partial charge in [-0.25, -0.2) is 4.79 Å². The fraction of sp³-hybridized carbons (Fsp3) is 0.400. The minimum absolute atomic E-state index is 0.301. The number of nitrogens with one attached hydrogen (secondary N) is 1. The molecular weight excluding hydrogens is 370 g/mol. The van der Waals surface area contributed by atoms with Crippen molar-refractivity contribution in [3.63, 3.8) is 0 Å². The number of esters is 1. The molecule has 0 fully saturated rings. The number of amides is 1. The average molecular weight is 392 g/mol. The Morgan fingerprint density at radius 2 is 2.08 bits per heavy atom. The molecule has 2 unspecified atom stereocenters. The fourth-order valence-electron chi connectivity index (χ4n) is 3.31. The van der Waals surface area contributed by atoms with Crippen molar-refractivity contribution >= 4 is 39.8 Å². The van der Waals surface area contributed by atoms with Crippen LogP contribution < -0.4 is 5.32 Å². The molecule has 0 saturated heterocycles. The third-order valence-corrected chi connectivity index (χ3v) is 5.98. The zero-order valence-corrected chi connectivity index (χ0v) is 16.5. The molecule has 1 aliphatic rings. The van der Waals surface area contributed by atoms with Crippen LogP contribution in [0.5, 0.6) is 0 Å². The van der Waals surface area contributed by atoms with E-state index in [1.807, 2.05) is 6.07 Å². The third-order valence-electron chi connectivity index (χ3n) is 4.61. The normalized spacial score (nSPS) is 17.3. The van der Waals surface area contributed by atoms with Gasteiger partial charge in [-0.05, 0) is 50.2 Å². The van der Waals surface area contributed by atoms with Gasteiger partial charge in [0.2, 0.25) is 5.91 Å². The summed E-state index contributed by atoms with van der Waals surface area (Å²) in [5.41, 5.74) is 2.83. The molecule has 2 aromatic rings. The summed E-state index contributed by atoms with van der Waals surface area (Å²) in [7, 11) is 0. The molecule has 1 aromatic heterocycles. The van der Waals surface area contributed by atoms with Gasteiger partial charge < -0.3 is 10.1 Å². The Labute approximate surface area is 162 Å². The molecule has 6 heteroatoms. The molecule has 0 saturated carbocycles. The van der Waals surface area contributed by atoms with Crippen LogP contribution >= 0.6 is 22.9 Å². The standard InChI is InChI=1S/C20H22ClNO3S/c1-3-25-20(24)17-15-10-9-14(13-7-5-4-6-8-13)11-16(15)26-19(17)22-18(23)12(2)21/h4-8,12,14H,3,9-11H2,1-2H3,(H,22,23). The highest BCUT2D eigenvalue weighted by molar-refractivity contribution is 7.17. The van der Waals surface area contributed by atoms with Crippen LogP contribution in [0.3, 0.4) is 0 Å². The van der Waals surface area contributed by atoms with Crippen molar-refractivity contribution in [2.75, 3.05) is 11.9 Å². The number of rotatable bonds is 5.